The fourth-order valence-corrected chi connectivity index (χ4v) is 3.49. The van der Waals surface area contributed by atoms with Gasteiger partial charge in [-0.3, -0.25) is 19.1 Å². The summed E-state index contributed by atoms with van der Waals surface area (Å²) in [5, 5.41) is 1.01. The van der Waals surface area contributed by atoms with Crippen molar-refractivity contribution in [2.24, 2.45) is 0 Å². The van der Waals surface area contributed by atoms with Gasteiger partial charge in [-0.25, -0.2) is 4.98 Å². The van der Waals surface area contributed by atoms with Crippen LogP contribution in [0.25, 0.3) is 10.9 Å². The zero-order valence-corrected chi connectivity index (χ0v) is 15.9. The van der Waals surface area contributed by atoms with E-state index in [1.54, 1.807) is 35.4 Å². The summed E-state index contributed by atoms with van der Waals surface area (Å²) in [7, 11) is 0. The van der Waals surface area contributed by atoms with Crippen molar-refractivity contribution in [2.75, 3.05) is 13.1 Å². The largest absolute Gasteiger partial charge is 0.487 e. The zero-order chi connectivity index (χ0) is 19.5. The average Bonchev–Trinajstić information content (AvgIpc) is 3.18. The van der Waals surface area contributed by atoms with E-state index in [4.69, 9.17) is 16.3 Å². The van der Waals surface area contributed by atoms with Crippen LogP contribution in [0.3, 0.4) is 0 Å². The number of halogens is 1. The van der Waals surface area contributed by atoms with Crippen molar-refractivity contribution in [2.45, 2.75) is 25.5 Å². The summed E-state index contributed by atoms with van der Waals surface area (Å²) in [6.07, 6.45) is 5.52. The van der Waals surface area contributed by atoms with Gasteiger partial charge in [-0.2, -0.15) is 0 Å². The molecule has 1 aliphatic heterocycles. The Kier molecular flexibility index (Phi) is 5.25. The van der Waals surface area contributed by atoms with Crippen molar-refractivity contribution in [3.8, 4) is 5.75 Å². The van der Waals surface area contributed by atoms with E-state index in [1.165, 1.54) is 17.1 Å². The quantitative estimate of drug-likeness (QED) is 0.660. The van der Waals surface area contributed by atoms with Crippen molar-refractivity contribution in [1.82, 2.24) is 19.4 Å². The van der Waals surface area contributed by atoms with Crippen LogP contribution in [0.5, 0.6) is 5.75 Å². The van der Waals surface area contributed by atoms with Gasteiger partial charge in [0.2, 0.25) is 5.91 Å². The number of fused-ring (bicyclic) bond motifs is 1. The molecule has 0 N–H and O–H groups in total. The standard InChI is InChI=1S/C20H19ClN4O3/c21-16-11-22-8-5-18(16)28-14-6-9-24(12-14)19(26)7-10-25-13-23-17-4-2-1-3-15(17)20(25)27/h1-5,8,11,13-14H,6-7,9-10,12H2/t14-/m1/s1. The molecule has 7 nitrogen and oxygen atoms in total. The van der Waals surface area contributed by atoms with Gasteiger partial charge < -0.3 is 9.64 Å². The van der Waals surface area contributed by atoms with E-state index in [9.17, 15) is 9.59 Å². The Balaban J connectivity index is 1.35. The molecule has 2 aromatic heterocycles. The second-order valence-corrected chi connectivity index (χ2v) is 7.09. The highest BCUT2D eigenvalue weighted by molar-refractivity contribution is 6.31. The van der Waals surface area contributed by atoms with Gasteiger partial charge >= 0.3 is 0 Å². The lowest BCUT2D eigenvalue weighted by atomic mass is 10.2. The van der Waals surface area contributed by atoms with Crippen LogP contribution >= 0.6 is 11.6 Å². The fraction of sp³-hybridized carbons (Fsp3) is 0.300. The molecule has 0 bridgehead atoms. The van der Waals surface area contributed by atoms with E-state index in [-0.39, 0.29) is 24.0 Å². The van der Waals surface area contributed by atoms with Gasteiger partial charge in [0.25, 0.3) is 5.56 Å². The minimum Gasteiger partial charge on any atom is -0.487 e. The lowest BCUT2D eigenvalue weighted by Crippen LogP contribution is -2.32. The maximum atomic E-state index is 12.6. The number of carbonyl (C=O) groups is 1. The summed E-state index contributed by atoms with van der Waals surface area (Å²) in [6, 6.07) is 8.90. The van der Waals surface area contributed by atoms with Gasteiger partial charge in [-0.05, 0) is 12.1 Å². The zero-order valence-electron chi connectivity index (χ0n) is 15.1. The maximum Gasteiger partial charge on any atom is 0.261 e. The molecule has 144 valence electrons. The molecule has 1 amide bonds. The highest BCUT2D eigenvalue weighted by Gasteiger charge is 2.27. The van der Waals surface area contributed by atoms with E-state index in [2.05, 4.69) is 9.97 Å². The van der Waals surface area contributed by atoms with Gasteiger partial charge in [0.15, 0.2) is 0 Å². The Morgan fingerprint density at radius 1 is 1.29 bits per heavy atom. The van der Waals surface area contributed by atoms with Crippen LogP contribution in [0.2, 0.25) is 5.02 Å². The van der Waals surface area contributed by atoms with Gasteiger partial charge in [-0.15, -0.1) is 0 Å². The molecular weight excluding hydrogens is 380 g/mol. The van der Waals surface area contributed by atoms with E-state index < -0.39 is 0 Å². The van der Waals surface area contributed by atoms with E-state index in [0.717, 1.165) is 6.42 Å². The number of aromatic nitrogens is 3. The maximum absolute atomic E-state index is 12.6. The second-order valence-electron chi connectivity index (χ2n) is 6.68. The first-order valence-electron chi connectivity index (χ1n) is 9.10. The number of hydrogen-bond acceptors (Lipinski definition) is 5. The van der Waals surface area contributed by atoms with Crippen molar-refractivity contribution in [1.29, 1.82) is 0 Å². The molecule has 3 heterocycles. The molecule has 0 spiro atoms. The highest BCUT2D eigenvalue weighted by Crippen LogP contribution is 2.25. The number of amides is 1. The third kappa shape index (κ3) is 3.84. The molecular formula is C20H19ClN4O3. The summed E-state index contributed by atoms with van der Waals surface area (Å²) >= 11 is 6.07. The lowest BCUT2D eigenvalue weighted by molar-refractivity contribution is -0.130. The normalized spacial score (nSPS) is 16.5. The summed E-state index contributed by atoms with van der Waals surface area (Å²) in [4.78, 5) is 35.0. The first-order valence-corrected chi connectivity index (χ1v) is 9.48. The first-order chi connectivity index (χ1) is 13.6. The van der Waals surface area contributed by atoms with Crippen LogP contribution in [0.1, 0.15) is 12.8 Å². The lowest BCUT2D eigenvalue weighted by Gasteiger charge is -2.18. The number of para-hydroxylation sites is 1. The number of hydrogen-bond donors (Lipinski definition) is 0. The number of carbonyl (C=O) groups excluding carboxylic acids is 1. The molecule has 0 unspecified atom stereocenters. The molecule has 1 fully saturated rings. The number of pyridine rings is 1. The summed E-state index contributed by atoms with van der Waals surface area (Å²) in [6.45, 7) is 1.42. The monoisotopic (exact) mass is 398 g/mol. The molecule has 1 atom stereocenters. The Hall–Kier alpha value is -2.93. The van der Waals surface area contributed by atoms with Gasteiger partial charge in [0.05, 0.1) is 23.8 Å². The number of nitrogens with zero attached hydrogens (tertiary/aromatic N) is 4. The Morgan fingerprint density at radius 2 is 2.14 bits per heavy atom. The predicted molar refractivity (Wildman–Crippen MR) is 105 cm³/mol. The van der Waals surface area contributed by atoms with E-state index in [0.29, 0.717) is 41.3 Å². The van der Waals surface area contributed by atoms with Crippen LogP contribution in [0.4, 0.5) is 0 Å². The number of rotatable bonds is 5. The van der Waals surface area contributed by atoms with Gasteiger partial charge in [-0.1, -0.05) is 23.7 Å². The smallest absolute Gasteiger partial charge is 0.261 e. The van der Waals surface area contributed by atoms with Crippen molar-refractivity contribution >= 4 is 28.4 Å². The van der Waals surface area contributed by atoms with Crippen LogP contribution in [-0.2, 0) is 11.3 Å². The molecule has 0 saturated carbocycles. The number of aryl methyl sites for hydroxylation is 1. The molecule has 1 aromatic carbocycles. The topological polar surface area (TPSA) is 77.3 Å². The number of benzene rings is 1. The summed E-state index contributed by atoms with van der Waals surface area (Å²) < 4.78 is 7.37. The van der Waals surface area contributed by atoms with Gasteiger partial charge in [0.1, 0.15) is 16.9 Å². The van der Waals surface area contributed by atoms with Crippen molar-refractivity contribution in [3.63, 3.8) is 0 Å². The molecule has 3 aromatic rings. The highest BCUT2D eigenvalue weighted by atomic mass is 35.5. The van der Waals surface area contributed by atoms with Crippen LogP contribution in [0, 0.1) is 0 Å². The molecule has 8 heteroatoms. The third-order valence-electron chi connectivity index (χ3n) is 4.82. The SMILES string of the molecule is O=C(CCn1cnc2ccccc2c1=O)N1CC[C@@H](Oc2ccncc2Cl)C1. The van der Waals surface area contributed by atoms with E-state index in [1.807, 2.05) is 6.07 Å². The fourth-order valence-electron chi connectivity index (χ4n) is 3.33. The Morgan fingerprint density at radius 3 is 3.00 bits per heavy atom. The molecule has 1 aliphatic rings. The molecule has 1 saturated heterocycles. The predicted octanol–water partition coefficient (Wildman–Crippen LogP) is 2.51. The minimum atomic E-state index is -0.131. The molecule has 0 radical (unpaired) electrons. The van der Waals surface area contributed by atoms with Crippen molar-refractivity contribution < 1.29 is 9.53 Å². The van der Waals surface area contributed by atoms with Crippen LogP contribution in [-0.4, -0.2) is 44.5 Å². The molecule has 28 heavy (non-hydrogen) atoms. The van der Waals surface area contributed by atoms with Crippen LogP contribution in [0.15, 0.2) is 53.8 Å². The minimum absolute atomic E-state index is 0.00742. The van der Waals surface area contributed by atoms with Gasteiger partial charge in [0, 0.05) is 44.4 Å². The second kappa shape index (κ2) is 7.98. The first kappa shape index (κ1) is 18.4. The molecule has 0 aliphatic carbocycles. The Labute approximate surface area is 166 Å². The van der Waals surface area contributed by atoms with Crippen LogP contribution < -0.4 is 10.3 Å². The summed E-state index contributed by atoms with van der Waals surface area (Å²) in [5.41, 5.74) is 0.526. The average molecular weight is 399 g/mol. The van der Waals surface area contributed by atoms with E-state index >= 15 is 0 Å². The number of likely N-dealkylation sites (tertiary alicyclic amines) is 1. The van der Waals surface area contributed by atoms with Crippen molar-refractivity contribution in [3.05, 3.63) is 64.4 Å². The molecule has 4 rings (SSSR count). The Bertz CT molecular complexity index is 1070. The number of ether oxygens (including phenoxy) is 1. The third-order valence-corrected chi connectivity index (χ3v) is 5.11. The summed E-state index contributed by atoms with van der Waals surface area (Å²) in [5.74, 6) is 0.566.